The summed E-state index contributed by atoms with van der Waals surface area (Å²) in [5.41, 5.74) is 4.08. The van der Waals surface area contributed by atoms with Crippen LogP contribution in [0.15, 0.2) is 30.7 Å². The van der Waals surface area contributed by atoms with Crippen LogP contribution in [0.5, 0.6) is 0 Å². The van der Waals surface area contributed by atoms with Crippen molar-refractivity contribution in [3.8, 4) is 11.1 Å². The number of nitrogens with zero attached hydrogens (tertiary/aromatic N) is 3. The highest BCUT2D eigenvalue weighted by Gasteiger charge is 2.23. The molecule has 118 valence electrons. The minimum Gasteiger partial charge on any atom is -0.329 e. The summed E-state index contributed by atoms with van der Waals surface area (Å²) in [4.78, 5) is 8.69. The number of benzene rings is 1. The van der Waals surface area contributed by atoms with Crippen LogP contribution >= 0.6 is 23.2 Å². The second-order valence-electron chi connectivity index (χ2n) is 6.23. The van der Waals surface area contributed by atoms with Crippen molar-refractivity contribution in [1.82, 2.24) is 14.5 Å². The Morgan fingerprint density at radius 1 is 1.09 bits per heavy atom. The number of aryl methyl sites for hydroxylation is 1. The van der Waals surface area contributed by atoms with Gasteiger partial charge in [0.15, 0.2) is 0 Å². The predicted molar refractivity (Wildman–Crippen MR) is 95.2 cm³/mol. The lowest BCUT2D eigenvalue weighted by molar-refractivity contribution is 0.532. The third kappa shape index (κ3) is 2.52. The molecule has 3 aromatic rings. The van der Waals surface area contributed by atoms with E-state index in [0.717, 1.165) is 27.2 Å². The van der Waals surface area contributed by atoms with E-state index in [0.29, 0.717) is 11.2 Å². The molecule has 1 aliphatic carbocycles. The first-order chi connectivity index (χ1) is 11.1. The van der Waals surface area contributed by atoms with Gasteiger partial charge in [0.2, 0.25) is 0 Å². The standard InChI is InChI=1S/C18H17Cl2N3/c1-11-6-7-15(19)13(8-11)14-9-23(12-4-2-3-5-12)18-16(14)17(20)21-10-22-18/h6-10,12H,2-5H2,1H3. The molecule has 0 atom stereocenters. The topological polar surface area (TPSA) is 30.7 Å². The summed E-state index contributed by atoms with van der Waals surface area (Å²) in [5, 5.41) is 2.11. The minimum atomic E-state index is 0.485. The Morgan fingerprint density at radius 2 is 1.87 bits per heavy atom. The molecule has 1 fully saturated rings. The van der Waals surface area contributed by atoms with Crippen molar-refractivity contribution in [1.29, 1.82) is 0 Å². The summed E-state index contributed by atoms with van der Waals surface area (Å²) < 4.78 is 2.27. The number of halogens is 2. The molecule has 0 amide bonds. The second-order valence-corrected chi connectivity index (χ2v) is 7.00. The maximum Gasteiger partial charge on any atom is 0.145 e. The smallest absolute Gasteiger partial charge is 0.145 e. The lowest BCUT2D eigenvalue weighted by Crippen LogP contribution is -2.03. The summed E-state index contributed by atoms with van der Waals surface area (Å²) in [5.74, 6) is 0. The predicted octanol–water partition coefficient (Wildman–Crippen LogP) is 5.83. The van der Waals surface area contributed by atoms with E-state index in [9.17, 15) is 0 Å². The van der Waals surface area contributed by atoms with Gasteiger partial charge < -0.3 is 4.57 Å². The molecule has 0 radical (unpaired) electrons. The van der Waals surface area contributed by atoms with Gasteiger partial charge in [0, 0.05) is 28.4 Å². The summed E-state index contributed by atoms with van der Waals surface area (Å²) in [6.45, 7) is 2.06. The van der Waals surface area contributed by atoms with Crippen LogP contribution in [0.4, 0.5) is 0 Å². The Balaban J connectivity index is 2.01. The van der Waals surface area contributed by atoms with Crippen LogP contribution in [0.25, 0.3) is 22.2 Å². The van der Waals surface area contributed by atoms with Crippen LogP contribution in [0.1, 0.15) is 37.3 Å². The molecule has 0 aliphatic heterocycles. The van der Waals surface area contributed by atoms with Gasteiger partial charge in [0.25, 0.3) is 0 Å². The van der Waals surface area contributed by atoms with Crippen molar-refractivity contribution in [2.45, 2.75) is 38.6 Å². The maximum atomic E-state index is 6.46. The third-order valence-corrected chi connectivity index (χ3v) is 5.31. The van der Waals surface area contributed by atoms with Crippen molar-refractivity contribution in [2.24, 2.45) is 0 Å². The lowest BCUT2D eigenvalue weighted by atomic mass is 10.0. The highest BCUT2D eigenvalue weighted by Crippen LogP contribution is 2.41. The van der Waals surface area contributed by atoms with Crippen LogP contribution in [0, 0.1) is 6.92 Å². The van der Waals surface area contributed by atoms with Crippen molar-refractivity contribution in [3.63, 3.8) is 0 Å². The molecular formula is C18H17Cl2N3. The minimum absolute atomic E-state index is 0.485. The first kappa shape index (κ1) is 15.0. The molecule has 23 heavy (non-hydrogen) atoms. The van der Waals surface area contributed by atoms with Crippen LogP contribution < -0.4 is 0 Å². The molecule has 0 unspecified atom stereocenters. The summed E-state index contributed by atoms with van der Waals surface area (Å²) in [6, 6.07) is 6.53. The van der Waals surface area contributed by atoms with Gasteiger partial charge in [-0.25, -0.2) is 9.97 Å². The SMILES string of the molecule is Cc1ccc(Cl)c(-c2cn(C3CCCC3)c3ncnc(Cl)c23)c1. The van der Waals surface area contributed by atoms with Crippen LogP contribution in [0.3, 0.4) is 0 Å². The number of hydrogen-bond acceptors (Lipinski definition) is 2. The van der Waals surface area contributed by atoms with Crippen LogP contribution in [-0.2, 0) is 0 Å². The zero-order valence-electron chi connectivity index (χ0n) is 12.9. The van der Waals surface area contributed by atoms with E-state index in [1.54, 1.807) is 0 Å². The van der Waals surface area contributed by atoms with E-state index in [-0.39, 0.29) is 0 Å². The highest BCUT2D eigenvalue weighted by atomic mass is 35.5. The largest absolute Gasteiger partial charge is 0.329 e. The second kappa shape index (κ2) is 5.81. The summed E-state index contributed by atoms with van der Waals surface area (Å²) in [7, 11) is 0. The lowest BCUT2D eigenvalue weighted by Gasteiger charge is -2.12. The average molecular weight is 346 g/mol. The van der Waals surface area contributed by atoms with Gasteiger partial charge in [0.05, 0.1) is 5.39 Å². The third-order valence-electron chi connectivity index (χ3n) is 4.69. The van der Waals surface area contributed by atoms with Crippen LogP contribution in [0.2, 0.25) is 10.2 Å². The van der Waals surface area contributed by atoms with Gasteiger partial charge in [-0.3, -0.25) is 0 Å². The van der Waals surface area contributed by atoms with Crippen molar-refractivity contribution >= 4 is 34.2 Å². The number of rotatable bonds is 2. The monoisotopic (exact) mass is 345 g/mol. The Hall–Kier alpha value is -1.58. The van der Waals surface area contributed by atoms with Crippen molar-refractivity contribution in [2.75, 3.05) is 0 Å². The number of hydrogen-bond donors (Lipinski definition) is 0. The first-order valence-electron chi connectivity index (χ1n) is 7.92. The molecule has 1 aromatic carbocycles. The fraction of sp³-hybridized carbons (Fsp3) is 0.333. The molecule has 5 heteroatoms. The van der Waals surface area contributed by atoms with Crippen molar-refractivity contribution in [3.05, 3.63) is 46.5 Å². The molecule has 1 aliphatic rings. The highest BCUT2D eigenvalue weighted by molar-refractivity contribution is 6.36. The van der Waals surface area contributed by atoms with E-state index in [4.69, 9.17) is 23.2 Å². The van der Waals surface area contributed by atoms with Gasteiger partial charge in [-0.05, 0) is 31.9 Å². The van der Waals surface area contributed by atoms with Gasteiger partial charge in [-0.1, -0.05) is 47.7 Å². The Morgan fingerprint density at radius 3 is 2.65 bits per heavy atom. The molecular weight excluding hydrogens is 329 g/mol. The van der Waals surface area contributed by atoms with E-state index in [1.165, 1.54) is 37.6 Å². The molecule has 2 aromatic heterocycles. The van der Waals surface area contributed by atoms with Gasteiger partial charge >= 0.3 is 0 Å². The van der Waals surface area contributed by atoms with Gasteiger partial charge in [-0.15, -0.1) is 0 Å². The summed E-state index contributed by atoms with van der Waals surface area (Å²) >= 11 is 12.9. The van der Waals surface area contributed by atoms with E-state index in [2.05, 4.69) is 33.7 Å². The molecule has 2 heterocycles. The molecule has 0 N–H and O–H groups in total. The number of fused-ring (bicyclic) bond motifs is 1. The van der Waals surface area contributed by atoms with Crippen molar-refractivity contribution < 1.29 is 0 Å². The molecule has 0 bridgehead atoms. The molecule has 0 spiro atoms. The quantitative estimate of drug-likeness (QED) is 0.547. The van der Waals surface area contributed by atoms with E-state index < -0.39 is 0 Å². The van der Waals surface area contributed by atoms with Gasteiger partial charge in [-0.2, -0.15) is 0 Å². The number of aromatic nitrogens is 3. The molecule has 1 saturated carbocycles. The zero-order chi connectivity index (χ0) is 16.0. The Labute approximate surface area is 145 Å². The molecule has 3 nitrogen and oxygen atoms in total. The van der Waals surface area contributed by atoms with Gasteiger partial charge in [0.1, 0.15) is 17.1 Å². The Bertz CT molecular complexity index is 879. The molecule has 0 saturated heterocycles. The van der Waals surface area contributed by atoms with E-state index in [1.807, 2.05) is 12.1 Å². The van der Waals surface area contributed by atoms with Crippen LogP contribution in [-0.4, -0.2) is 14.5 Å². The first-order valence-corrected chi connectivity index (χ1v) is 8.68. The maximum absolute atomic E-state index is 6.46. The molecule has 4 rings (SSSR count). The fourth-order valence-corrected chi connectivity index (χ4v) is 4.01. The average Bonchev–Trinajstić information content (AvgIpc) is 3.17. The normalized spacial score (nSPS) is 15.6. The Kier molecular flexibility index (Phi) is 3.78. The van der Waals surface area contributed by atoms with E-state index >= 15 is 0 Å². The zero-order valence-corrected chi connectivity index (χ0v) is 14.4. The summed E-state index contributed by atoms with van der Waals surface area (Å²) in [6.07, 6.45) is 8.60. The fourth-order valence-electron chi connectivity index (χ4n) is 3.56.